The first-order chi connectivity index (χ1) is 13.5. The standard InChI is InChI=1S/C21H19N3O4/c25-19(14-3-2-8-22-11-14)23-15-4-1-5-16(10-15)24-20(26)17-12-6-7-13(9-12)18(17)21(27)28/h1-8,10-13,17-18H,9H2,(H,23,25)(H,24,26)(H,27,28)/t12-,13-,17+,18+/m0/s1. The number of hydrogen-bond acceptors (Lipinski definition) is 4. The zero-order valence-corrected chi connectivity index (χ0v) is 14.9. The molecule has 4 atom stereocenters. The second-order valence-corrected chi connectivity index (χ2v) is 7.10. The van der Waals surface area contributed by atoms with Crippen LogP contribution in [0.3, 0.4) is 0 Å². The zero-order valence-electron chi connectivity index (χ0n) is 14.9. The van der Waals surface area contributed by atoms with Gasteiger partial charge in [-0.05, 0) is 48.6 Å². The Morgan fingerprint density at radius 2 is 1.68 bits per heavy atom. The average Bonchev–Trinajstić information content (AvgIpc) is 3.30. The minimum absolute atomic E-state index is 0.0421. The van der Waals surface area contributed by atoms with Crippen LogP contribution < -0.4 is 10.6 Å². The maximum atomic E-state index is 12.8. The van der Waals surface area contributed by atoms with Gasteiger partial charge in [-0.3, -0.25) is 19.4 Å². The van der Waals surface area contributed by atoms with Gasteiger partial charge in [-0.2, -0.15) is 0 Å². The molecule has 1 aromatic carbocycles. The Kier molecular flexibility index (Phi) is 4.65. The number of aliphatic carboxylic acids is 1. The van der Waals surface area contributed by atoms with Gasteiger partial charge < -0.3 is 15.7 Å². The summed E-state index contributed by atoms with van der Waals surface area (Å²) < 4.78 is 0. The van der Waals surface area contributed by atoms with Crippen molar-refractivity contribution in [2.45, 2.75) is 6.42 Å². The third-order valence-corrected chi connectivity index (χ3v) is 5.36. The molecule has 7 nitrogen and oxygen atoms in total. The number of rotatable bonds is 5. The molecule has 2 bridgehead atoms. The Balaban J connectivity index is 1.46. The van der Waals surface area contributed by atoms with Crippen molar-refractivity contribution in [2.75, 3.05) is 10.6 Å². The molecule has 2 amide bonds. The molecule has 2 aromatic rings. The number of carbonyl (C=O) groups excluding carboxylic acids is 2. The van der Waals surface area contributed by atoms with Crippen molar-refractivity contribution in [2.24, 2.45) is 23.7 Å². The monoisotopic (exact) mass is 377 g/mol. The molecule has 0 aliphatic heterocycles. The summed E-state index contributed by atoms with van der Waals surface area (Å²) in [7, 11) is 0. The Bertz CT molecular complexity index is 957. The number of amides is 2. The maximum absolute atomic E-state index is 12.8. The normalized spacial score (nSPS) is 24.7. The Morgan fingerprint density at radius 1 is 0.964 bits per heavy atom. The van der Waals surface area contributed by atoms with Crippen LogP contribution in [0.25, 0.3) is 0 Å². The third-order valence-electron chi connectivity index (χ3n) is 5.36. The van der Waals surface area contributed by atoms with Gasteiger partial charge in [0.15, 0.2) is 0 Å². The number of pyridine rings is 1. The smallest absolute Gasteiger partial charge is 0.307 e. The molecular weight excluding hydrogens is 358 g/mol. The van der Waals surface area contributed by atoms with E-state index in [1.54, 1.807) is 42.6 Å². The summed E-state index contributed by atoms with van der Waals surface area (Å²) in [4.78, 5) is 40.5. The van der Waals surface area contributed by atoms with Crippen LogP contribution in [-0.4, -0.2) is 27.9 Å². The summed E-state index contributed by atoms with van der Waals surface area (Å²) >= 11 is 0. The Labute approximate surface area is 161 Å². The van der Waals surface area contributed by atoms with Gasteiger partial charge in [0.1, 0.15) is 0 Å². The van der Waals surface area contributed by atoms with Crippen molar-refractivity contribution < 1.29 is 19.5 Å². The van der Waals surface area contributed by atoms with Crippen molar-refractivity contribution >= 4 is 29.2 Å². The summed E-state index contributed by atoms with van der Waals surface area (Å²) in [6.07, 6.45) is 7.61. The number of carboxylic acids is 1. The SMILES string of the molecule is O=C(Nc1cccc(NC(=O)[C@H]2[C@H](C(=O)O)[C@H]3C=C[C@H]2C3)c1)c1cccnc1. The molecule has 0 radical (unpaired) electrons. The highest BCUT2D eigenvalue weighted by molar-refractivity contribution is 6.04. The number of carboxylic acid groups (broad SMARTS) is 1. The van der Waals surface area contributed by atoms with Crippen LogP contribution in [0.4, 0.5) is 11.4 Å². The van der Waals surface area contributed by atoms with E-state index in [0.29, 0.717) is 23.4 Å². The van der Waals surface area contributed by atoms with E-state index in [0.717, 1.165) is 0 Å². The summed E-state index contributed by atoms with van der Waals surface area (Å²) in [5.74, 6) is -2.94. The molecular formula is C21H19N3O4. The van der Waals surface area contributed by atoms with Crippen molar-refractivity contribution in [3.8, 4) is 0 Å². The number of allylic oxidation sites excluding steroid dienone is 2. The lowest BCUT2D eigenvalue weighted by Crippen LogP contribution is -2.36. The van der Waals surface area contributed by atoms with Crippen LogP contribution in [0.2, 0.25) is 0 Å². The first-order valence-corrected chi connectivity index (χ1v) is 9.06. The molecule has 2 aliphatic carbocycles. The molecule has 7 heteroatoms. The van der Waals surface area contributed by atoms with Crippen molar-refractivity contribution in [1.82, 2.24) is 4.98 Å². The van der Waals surface area contributed by atoms with Crippen LogP contribution in [0.1, 0.15) is 16.8 Å². The van der Waals surface area contributed by atoms with Gasteiger partial charge in [0.2, 0.25) is 5.91 Å². The summed E-state index contributed by atoms with van der Waals surface area (Å²) in [6.45, 7) is 0. The van der Waals surface area contributed by atoms with Gasteiger partial charge in [-0.15, -0.1) is 0 Å². The van der Waals surface area contributed by atoms with Crippen LogP contribution in [0, 0.1) is 23.7 Å². The highest BCUT2D eigenvalue weighted by Gasteiger charge is 2.51. The van der Waals surface area contributed by atoms with E-state index in [-0.39, 0.29) is 23.7 Å². The van der Waals surface area contributed by atoms with Gasteiger partial charge in [-0.1, -0.05) is 18.2 Å². The fraction of sp³-hybridized carbons (Fsp3) is 0.238. The topological polar surface area (TPSA) is 108 Å². The number of nitrogens with one attached hydrogen (secondary N) is 2. The largest absolute Gasteiger partial charge is 0.481 e. The number of carbonyl (C=O) groups is 3. The zero-order chi connectivity index (χ0) is 19.7. The van der Waals surface area contributed by atoms with Crippen LogP contribution in [-0.2, 0) is 9.59 Å². The second kappa shape index (κ2) is 7.26. The van der Waals surface area contributed by atoms with E-state index >= 15 is 0 Å². The summed E-state index contributed by atoms with van der Waals surface area (Å²) in [6, 6.07) is 10.1. The molecule has 1 fully saturated rings. The van der Waals surface area contributed by atoms with Crippen molar-refractivity contribution in [3.05, 3.63) is 66.5 Å². The molecule has 0 spiro atoms. The van der Waals surface area contributed by atoms with Crippen molar-refractivity contribution in [3.63, 3.8) is 0 Å². The van der Waals surface area contributed by atoms with Crippen LogP contribution in [0.5, 0.6) is 0 Å². The molecule has 142 valence electrons. The minimum atomic E-state index is -0.936. The van der Waals surface area contributed by atoms with E-state index < -0.39 is 17.8 Å². The lowest BCUT2D eigenvalue weighted by Gasteiger charge is -2.24. The summed E-state index contributed by atoms with van der Waals surface area (Å²) in [5.41, 5.74) is 1.45. The number of hydrogen-bond donors (Lipinski definition) is 3. The van der Waals surface area contributed by atoms with E-state index in [4.69, 9.17) is 0 Å². The van der Waals surface area contributed by atoms with Crippen molar-refractivity contribution in [1.29, 1.82) is 0 Å². The van der Waals surface area contributed by atoms with E-state index in [2.05, 4.69) is 15.6 Å². The van der Waals surface area contributed by atoms with Gasteiger partial charge >= 0.3 is 5.97 Å². The Morgan fingerprint density at radius 3 is 2.36 bits per heavy atom. The van der Waals surface area contributed by atoms with Crippen LogP contribution >= 0.6 is 0 Å². The quantitative estimate of drug-likeness (QED) is 0.695. The van der Waals surface area contributed by atoms with E-state index in [1.165, 1.54) is 6.20 Å². The molecule has 1 aromatic heterocycles. The minimum Gasteiger partial charge on any atom is -0.481 e. The molecule has 1 saturated carbocycles. The number of benzene rings is 1. The fourth-order valence-electron chi connectivity index (χ4n) is 4.12. The Hall–Kier alpha value is -3.48. The molecule has 0 saturated heterocycles. The van der Waals surface area contributed by atoms with E-state index in [1.807, 2.05) is 12.2 Å². The fourth-order valence-corrected chi connectivity index (χ4v) is 4.12. The van der Waals surface area contributed by atoms with Gasteiger partial charge in [0.05, 0.1) is 17.4 Å². The van der Waals surface area contributed by atoms with Crippen LogP contribution in [0.15, 0.2) is 60.9 Å². The van der Waals surface area contributed by atoms with E-state index in [9.17, 15) is 19.5 Å². The maximum Gasteiger partial charge on any atom is 0.307 e. The summed E-state index contributed by atoms with van der Waals surface area (Å²) in [5, 5.41) is 15.1. The lowest BCUT2D eigenvalue weighted by atomic mass is 9.82. The van der Waals surface area contributed by atoms with Gasteiger partial charge in [0, 0.05) is 23.8 Å². The molecule has 1 heterocycles. The first-order valence-electron chi connectivity index (χ1n) is 9.06. The highest BCUT2D eigenvalue weighted by Crippen LogP contribution is 2.48. The lowest BCUT2D eigenvalue weighted by molar-refractivity contribution is -0.146. The molecule has 28 heavy (non-hydrogen) atoms. The predicted octanol–water partition coefficient (Wildman–Crippen LogP) is 2.80. The highest BCUT2D eigenvalue weighted by atomic mass is 16.4. The molecule has 4 rings (SSSR count). The second-order valence-electron chi connectivity index (χ2n) is 7.10. The first kappa shape index (κ1) is 17.9. The predicted molar refractivity (Wildman–Crippen MR) is 103 cm³/mol. The molecule has 0 unspecified atom stereocenters. The number of fused-ring (bicyclic) bond motifs is 2. The molecule has 3 N–H and O–H groups in total. The number of anilines is 2. The molecule has 2 aliphatic rings. The third kappa shape index (κ3) is 3.38. The van der Waals surface area contributed by atoms with Gasteiger partial charge in [-0.25, -0.2) is 0 Å². The average molecular weight is 377 g/mol. The van der Waals surface area contributed by atoms with Gasteiger partial charge in [0.25, 0.3) is 5.91 Å². The number of nitrogens with zero attached hydrogens (tertiary/aromatic N) is 1. The number of aromatic nitrogens is 1.